The number of para-hydroxylation sites is 1. The number of aromatic nitrogens is 2. The molecule has 3 aromatic rings. The van der Waals surface area contributed by atoms with Crippen LogP contribution < -0.4 is 14.2 Å². The first-order valence-corrected chi connectivity index (χ1v) is 11.6. The molecular weight excluding hydrogens is 479 g/mol. The maximum Gasteiger partial charge on any atom is 0.274 e. The van der Waals surface area contributed by atoms with Gasteiger partial charge < -0.3 is 19.1 Å². The summed E-state index contributed by atoms with van der Waals surface area (Å²) in [6.07, 6.45) is 1.72. The molecule has 180 valence electrons. The van der Waals surface area contributed by atoms with Crippen LogP contribution in [0.1, 0.15) is 16.1 Å². The van der Waals surface area contributed by atoms with Gasteiger partial charge in [0.15, 0.2) is 23.9 Å². The van der Waals surface area contributed by atoms with Gasteiger partial charge in [0, 0.05) is 49.0 Å². The predicted molar refractivity (Wildman–Crippen MR) is 130 cm³/mol. The van der Waals surface area contributed by atoms with Crippen molar-refractivity contribution in [1.82, 2.24) is 19.6 Å². The molecule has 1 aliphatic rings. The summed E-state index contributed by atoms with van der Waals surface area (Å²) in [6, 6.07) is 12.6. The molecule has 1 fully saturated rings. The molecule has 0 atom stereocenters. The normalized spacial score (nSPS) is 14.2. The van der Waals surface area contributed by atoms with Gasteiger partial charge in [0.25, 0.3) is 5.91 Å². The largest absolute Gasteiger partial charge is 0.493 e. The first kappa shape index (κ1) is 24.2. The van der Waals surface area contributed by atoms with Crippen molar-refractivity contribution in [3.8, 4) is 17.2 Å². The second-order valence-electron chi connectivity index (χ2n) is 7.81. The predicted octanol–water partition coefficient (Wildman–Crippen LogP) is 4.20. The van der Waals surface area contributed by atoms with E-state index in [-0.39, 0.29) is 12.6 Å². The molecular formula is C24H26Cl2N4O4. The zero-order chi connectivity index (χ0) is 24.1. The maximum absolute atomic E-state index is 13.0. The fourth-order valence-electron chi connectivity index (χ4n) is 3.80. The number of methoxy groups -OCH3 is 2. The van der Waals surface area contributed by atoms with Gasteiger partial charge in [0.1, 0.15) is 0 Å². The third-order valence-corrected chi connectivity index (χ3v) is 6.24. The average Bonchev–Trinajstić information content (AvgIpc) is 3.33. The quantitative estimate of drug-likeness (QED) is 0.457. The monoisotopic (exact) mass is 504 g/mol. The molecule has 0 spiro atoms. The fourth-order valence-corrected chi connectivity index (χ4v) is 4.27. The molecule has 1 aromatic heterocycles. The number of ether oxygens (including phenoxy) is 3. The lowest BCUT2D eigenvalue weighted by molar-refractivity contribution is 0.0620. The van der Waals surface area contributed by atoms with E-state index in [0.29, 0.717) is 46.1 Å². The van der Waals surface area contributed by atoms with E-state index in [2.05, 4.69) is 10.00 Å². The number of nitrogens with zero attached hydrogens (tertiary/aromatic N) is 4. The van der Waals surface area contributed by atoms with Crippen LogP contribution in [0, 0.1) is 0 Å². The van der Waals surface area contributed by atoms with Crippen LogP contribution in [0.4, 0.5) is 0 Å². The highest BCUT2D eigenvalue weighted by atomic mass is 35.5. The summed E-state index contributed by atoms with van der Waals surface area (Å²) in [4.78, 5) is 17.0. The summed E-state index contributed by atoms with van der Waals surface area (Å²) in [5.41, 5.74) is 1.40. The van der Waals surface area contributed by atoms with Crippen molar-refractivity contribution in [3.05, 3.63) is 70.0 Å². The summed E-state index contributed by atoms with van der Waals surface area (Å²) in [7, 11) is 3.13. The summed E-state index contributed by atoms with van der Waals surface area (Å²) in [5, 5.41) is 5.67. The van der Waals surface area contributed by atoms with E-state index in [9.17, 15) is 4.79 Å². The Morgan fingerprint density at radius 2 is 1.71 bits per heavy atom. The SMILES string of the molecule is COc1cccc(OC)c1OCn1ccc(C(=O)N2CCN(Cc3ccc(Cl)cc3Cl)CC2)n1. The van der Waals surface area contributed by atoms with Crippen molar-refractivity contribution in [1.29, 1.82) is 0 Å². The Morgan fingerprint density at radius 3 is 2.35 bits per heavy atom. The van der Waals surface area contributed by atoms with Gasteiger partial charge in [-0.15, -0.1) is 0 Å². The number of hydrogen-bond acceptors (Lipinski definition) is 6. The Labute approximate surface area is 208 Å². The van der Waals surface area contributed by atoms with Gasteiger partial charge in [-0.2, -0.15) is 5.10 Å². The Kier molecular flexibility index (Phi) is 7.82. The molecule has 0 N–H and O–H groups in total. The van der Waals surface area contributed by atoms with Gasteiger partial charge in [-0.1, -0.05) is 35.3 Å². The molecule has 8 nitrogen and oxygen atoms in total. The van der Waals surface area contributed by atoms with Gasteiger partial charge in [0.2, 0.25) is 5.75 Å². The Hall–Kier alpha value is -2.94. The van der Waals surface area contributed by atoms with Crippen LogP contribution >= 0.6 is 23.2 Å². The number of piperazine rings is 1. The van der Waals surface area contributed by atoms with Crippen LogP contribution in [0.2, 0.25) is 10.0 Å². The Morgan fingerprint density at radius 1 is 1.00 bits per heavy atom. The van der Waals surface area contributed by atoms with Gasteiger partial charge in [-0.3, -0.25) is 9.69 Å². The lowest BCUT2D eigenvalue weighted by Gasteiger charge is -2.34. The van der Waals surface area contributed by atoms with Gasteiger partial charge in [-0.05, 0) is 35.9 Å². The van der Waals surface area contributed by atoms with E-state index in [0.717, 1.165) is 25.2 Å². The Balaban J connectivity index is 1.32. The molecule has 10 heteroatoms. The molecule has 1 saturated heterocycles. The van der Waals surface area contributed by atoms with E-state index in [1.807, 2.05) is 23.1 Å². The van der Waals surface area contributed by atoms with E-state index in [4.69, 9.17) is 37.4 Å². The fraction of sp³-hybridized carbons (Fsp3) is 0.333. The number of benzene rings is 2. The van der Waals surface area contributed by atoms with Crippen molar-refractivity contribution in [2.45, 2.75) is 13.3 Å². The first-order valence-electron chi connectivity index (χ1n) is 10.8. The molecule has 0 bridgehead atoms. The summed E-state index contributed by atoms with van der Waals surface area (Å²) >= 11 is 12.3. The minimum atomic E-state index is -0.0993. The summed E-state index contributed by atoms with van der Waals surface area (Å²) in [6.45, 7) is 3.57. The lowest BCUT2D eigenvalue weighted by Crippen LogP contribution is -2.48. The maximum atomic E-state index is 13.0. The summed E-state index contributed by atoms with van der Waals surface area (Å²) in [5.74, 6) is 1.49. The number of carbonyl (C=O) groups excluding carboxylic acids is 1. The number of hydrogen-bond donors (Lipinski definition) is 0. The van der Waals surface area contributed by atoms with Gasteiger partial charge in [-0.25, -0.2) is 4.68 Å². The minimum absolute atomic E-state index is 0.0993. The Bertz CT molecular complexity index is 1120. The topological polar surface area (TPSA) is 69.1 Å². The standard InChI is InChI=1S/C24H26Cl2N4O4/c1-32-21-4-3-5-22(33-2)23(21)34-16-30-9-8-20(27-30)24(31)29-12-10-28(11-13-29)15-17-6-7-18(25)14-19(17)26/h3-9,14H,10-13,15-16H2,1-2H3. The number of amides is 1. The molecule has 0 saturated carbocycles. The molecule has 0 radical (unpaired) electrons. The highest BCUT2D eigenvalue weighted by molar-refractivity contribution is 6.35. The lowest BCUT2D eigenvalue weighted by atomic mass is 10.2. The van der Waals surface area contributed by atoms with Crippen LogP contribution in [0.3, 0.4) is 0 Å². The second kappa shape index (κ2) is 11.0. The smallest absolute Gasteiger partial charge is 0.274 e. The van der Waals surface area contributed by atoms with Crippen LogP contribution in [0.25, 0.3) is 0 Å². The van der Waals surface area contributed by atoms with Crippen molar-refractivity contribution in [3.63, 3.8) is 0 Å². The average molecular weight is 505 g/mol. The van der Waals surface area contributed by atoms with Gasteiger partial charge >= 0.3 is 0 Å². The number of halogens is 2. The van der Waals surface area contributed by atoms with Crippen LogP contribution in [0.15, 0.2) is 48.7 Å². The van der Waals surface area contributed by atoms with Crippen molar-refractivity contribution in [2.75, 3.05) is 40.4 Å². The van der Waals surface area contributed by atoms with Crippen LogP contribution in [0.5, 0.6) is 17.2 Å². The molecule has 4 rings (SSSR count). The molecule has 2 aromatic carbocycles. The van der Waals surface area contributed by atoms with E-state index < -0.39 is 0 Å². The minimum Gasteiger partial charge on any atom is -0.493 e. The molecule has 1 aliphatic heterocycles. The zero-order valence-corrected chi connectivity index (χ0v) is 20.6. The molecule has 34 heavy (non-hydrogen) atoms. The van der Waals surface area contributed by atoms with E-state index in [1.165, 1.54) is 0 Å². The molecule has 0 unspecified atom stereocenters. The summed E-state index contributed by atoms with van der Waals surface area (Å²) < 4.78 is 18.1. The molecule has 0 aliphatic carbocycles. The number of rotatable bonds is 8. The third kappa shape index (κ3) is 5.58. The second-order valence-corrected chi connectivity index (χ2v) is 8.65. The van der Waals surface area contributed by atoms with Crippen molar-refractivity contribution < 1.29 is 19.0 Å². The zero-order valence-electron chi connectivity index (χ0n) is 19.0. The molecule has 2 heterocycles. The van der Waals surface area contributed by atoms with Crippen molar-refractivity contribution >= 4 is 29.1 Å². The third-order valence-electron chi connectivity index (χ3n) is 5.65. The van der Waals surface area contributed by atoms with Crippen LogP contribution in [-0.4, -0.2) is 65.9 Å². The van der Waals surface area contributed by atoms with Gasteiger partial charge in [0.05, 0.1) is 14.2 Å². The van der Waals surface area contributed by atoms with Crippen LogP contribution in [-0.2, 0) is 13.3 Å². The number of carbonyl (C=O) groups is 1. The molecule has 1 amide bonds. The van der Waals surface area contributed by atoms with Crippen molar-refractivity contribution in [2.24, 2.45) is 0 Å². The van der Waals surface area contributed by atoms with E-state index in [1.54, 1.807) is 49.4 Å². The van der Waals surface area contributed by atoms with E-state index >= 15 is 0 Å². The highest BCUT2D eigenvalue weighted by Gasteiger charge is 2.24. The first-order chi connectivity index (χ1) is 16.5. The highest BCUT2D eigenvalue weighted by Crippen LogP contribution is 2.36.